The Hall–Kier alpha value is -2.11. The maximum absolute atomic E-state index is 11.4. The Morgan fingerprint density at radius 1 is 1.19 bits per heavy atom. The fourth-order valence-electron chi connectivity index (χ4n) is 2.61. The van der Waals surface area contributed by atoms with E-state index in [9.17, 15) is 9.59 Å². The molecule has 0 spiro atoms. The maximum Gasteiger partial charge on any atom is 0.410 e. The minimum atomic E-state index is -0.833. The van der Waals surface area contributed by atoms with E-state index in [4.69, 9.17) is 25.5 Å². The first kappa shape index (κ1) is 33.5. The van der Waals surface area contributed by atoms with Gasteiger partial charge in [-0.3, -0.25) is 9.69 Å². The van der Waals surface area contributed by atoms with Crippen LogP contribution in [0.2, 0.25) is 0 Å². The SMILES string of the molecule is C.C.CC(=O)O.C[C@@H](N)CO.C[C@@H]1COC(=O)N1.C[C@@H]1COC(=O)N1C1CCNCC1. The van der Waals surface area contributed by atoms with Crippen LogP contribution in [0, 0.1) is 0 Å². The molecule has 3 aliphatic rings. The number of cyclic esters (lactones) is 2. The summed E-state index contributed by atoms with van der Waals surface area (Å²) in [6.45, 7) is 9.96. The van der Waals surface area contributed by atoms with Crippen LogP contribution < -0.4 is 16.4 Å². The Kier molecular flexibility index (Phi) is 20.2. The topological polar surface area (TPSA) is 163 Å². The standard InChI is InChI=1S/C9H16N2O2.C4H7NO2.C3H9NO.C2H4O2.2CH4/c1-7-6-13-9(12)11(7)8-2-4-10-5-3-8;1-3-2-7-4(6)5-3;1-3(4)2-5;1-2(3)4;;/h7-8,10H,2-6H2,1H3;3H,2H2,1H3,(H,5,6);3,5H,2,4H2,1H3;1H3,(H,3,4);2*1H4/t7-;2*3-;;;/m111.../s1. The fraction of sp³-hybridized carbons (Fsp3) is 0.850. The van der Waals surface area contributed by atoms with Gasteiger partial charge in [0.2, 0.25) is 0 Å². The number of nitrogens with zero attached hydrogens (tertiary/aromatic N) is 1. The van der Waals surface area contributed by atoms with Crippen LogP contribution in [0.1, 0.15) is 55.4 Å². The summed E-state index contributed by atoms with van der Waals surface area (Å²) in [5, 5.41) is 21.3. The van der Waals surface area contributed by atoms with Crippen molar-refractivity contribution in [2.45, 2.75) is 79.6 Å². The second-order valence-electron chi connectivity index (χ2n) is 7.14. The van der Waals surface area contributed by atoms with Crippen LogP contribution in [-0.4, -0.2) is 90.3 Å². The molecule has 6 N–H and O–H groups in total. The summed E-state index contributed by atoms with van der Waals surface area (Å²) in [7, 11) is 0. The quantitative estimate of drug-likeness (QED) is 0.416. The zero-order valence-electron chi connectivity index (χ0n) is 17.7. The Labute approximate surface area is 186 Å². The van der Waals surface area contributed by atoms with Crippen LogP contribution in [0.3, 0.4) is 0 Å². The second kappa shape index (κ2) is 18.6. The molecule has 2 amide bonds. The van der Waals surface area contributed by atoms with Crippen molar-refractivity contribution in [2.24, 2.45) is 5.73 Å². The van der Waals surface area contributed by atoms with Crippen LogP contribution in [0.4, 0.5) is 9.59 Å². The summed E-state index contributed by atoms with van der Waals surface area (Å²) >= 11 is 0. The number of aliphatic hydroxyl groups excluding tert-OH is 1. The summed E-state index contributed by atoms with van der Waals surface area (Å²) in [6, 6.07) is 0.796. The molecule has 186 valence electrons. The lowest BCUT2D eigenvalue weighted by Gasteiger charge is -2.32. The van der Waals surface area contributed by atoms with E-state index in [2.05, 4.69) is 15.4 Å². The van der Waals surface area contributed by atoms with Gasteiger partial charge in [0.1, 0.15) is 13.2 Å². The molecule has 3 heterocycles. The van der Waals surface area contributed by atoms with Gasteiger partial charge in [-0.15, -0.1) is 0 Å². The minimum absolute atomic E-state index is 0. The van der Waals surface area contributed by atoms with Crippen LogP contribution >= 0.6 is 0 Å². The number of nitrogens with one attached hydrogen (secondary N) is 2. The molecule has 0 aromatic carbocycles. The monoisotopic (exact) mass is 452 g/mol. The summed E-state index contributed by atoms with van der Waals surface area (Å²) in [4.78, 5) is 32.4. The Bertz CT molecular complexity index is 496. The number of rotatable bonds is 2. The van der Waals surface area contributed by atoms with Gasteiger partial charge >= 0.3 is 12.2 Å². The number of carboxylic acid groups (broad SMARTS) is 1. The third kappa shape index (κ3) is 16.3. The number of alkyl carbamates (subject to hydrolysis) is 1. The predicted molar refractivity (Wildman–Crippen MR) is 120 cm³/mol. The number of aliphatic hydroxyl groups is 1. The predicted octanol–water partition coefficient (Wildman–Crippen LogP) is 1.38. The maximum atomic E-state index is 11.4. The van der Waals surface area contributed by atoms with Crippen molar-refractivity contribution in [1.29, 1.82) is 0 Å². The molecule has 0 aliphatic carbocycles. The number of aliphatic carboxylic acids is 1. The molecule has 3 fully saturated rings. The zero-order chi connectivity index (χ0) is 22.4. The highest BCUT2D eigenvalue weighted by atomic mass is 16.6. The minimum Gasteiger partial charge on any atom is -0.481 e. The van der Waals surface area contributed by atoms with Crippen molar-refractivity contribution >= 4 is 18.2 Å². The lowest BCUT2D eigenvalue weighted by molar-refractivity contribution is -0.134. The highest BCUT2D eigenvalue weighted by molar-refractivity contribution is 5.70. The molecular formula is C20H44N4O7. The normalized spacial score (nSPS) is 22.7. The second-order valence-corrected chi connectivity index (χ2v) is 7.14. The van der Waals surface area contributed by atoms with Gasteiger partial charge in [-0.1, -0.05) is 14.9 Å². The number of amides is 2. The van der Waals surface area contributed by atoms with E-state index in [-0.39, 0.29) is 51.8 Å². The number of carbonyl (C=O) groups excluding carboxylic acids is 2. The average molecular weight is 453 g/mol. The first-order valence-corrected chi connectivity index (χ1v) is 9.73. The van der Waals surface area contributed by atoms with Crippen molar-refractivity contribution in [1.82, 2.24) is 15.5 Å². The molecule has 0 unspecified atom stereocenters. The molecule has 3 saturated heterocycles. The van der Waals surface area contributed by atoms with Crippen molar-refractivity contribution in [3.63, 3.8) is 0 Å². The van der Waals surface area contributed by atoms with E-state index in [0.717, 1.165) is 32.9 Å². The van der Waals surface area contributed by atoms with Gasteiger partial charge in [-0.2, -0.15) is 0 Å². The fourth-order valence-corrected chi connectivity index (χ4v) is 2.61. The molecule has 3 atom stereocenters. The smallest absolute Gasteiger partial charge is 0.410 e. The molecule has 11 heteroatoms. The molecule has 3 rings (SSSR count). The van der Waals surface area contributed by atoms with Gasteiger partial charge in [0, 0.05) is 19.0 Å². The summed E-state index contributed by atoms with van der Waals surface area (Å²) in [5.41, 5.74) is 5.04. The van der Waals surface area contributed by atoms with E-state index >= 15 is 0 Å². The number of carboxylic acids is 1. The molecule has 3 aliphatic heterocycles. The Balaban J connectivity index is -0.000000374. The zero-order valence-corrected chi connectivity index (χ0v) is 17.7. The summed E-state index contributed by atoms with van der Waals surface area (Å²) < 4.78 is 9.51. The van der Waals surface area contributed by atoms with Crippen molar-refractivity contribution in [3.8, 4) is 0 Å². The number of hydrogen-bond acceptors (Lipinski definition) is 8. The molecule has 11 nitrogen and oxygen atoms in total. The highest BCUT2D eigenvalue weighted by Crippen LogP contribution is 2.20. The first-order valence-electron chi connectivity index (χ1n) is 9.73. The average Bonchev–Trinajstić information content (AvgIpc) is 3.20. The van der Waals surface area contributed by atoms with Crippen molar-refractivity contribution < 1.29 is 34.1 Å². The van der Waals surface area contributed by atoms with Crippen LogP contribution in [0.5, 0.6) is 0 Å². The van der Waals surface area contributed by atoms with Crippen LogP contribution in [0.15, 0.2) is 0 Å². The third-order valence-corrected chi connectivity index (χ3v) is 3.95. The summed E-state index contributed by atoms with van der Waals surface area (Å²) in [6.07, 6.45) is 1.69. The van der Waals surface area contributed by atoms with E-state index in [1.54, 1.807) is 6.92 Å². The first-order chi connectivity index (χ1) is 13.6. The molecular weight excluding hydrogens is 408 g/mol. The van der Waals surface area contributed by atoms with Gasteiger partial charge in [-0.05, 0) is 46.7 Å². The van der Waals surface area contributed by atoms with Crippen LogP contribution in [-0.2, 0) is 14.3 Å². The van der Waals surface area contributed by atoms with Crippen molar-refractivity contribution in [3.05, 3.63) is 0 Å². The number of carbonyl (C=O) groups is 3. The third-order valence-electron chi connectivity index (χ3n) is 3.95. The lowest BCUT2D eigenvalue weighted by Crippen LogP contribution is -2.46. The highest BCUT2D eigenvalue weighted by Gasteiger charge is 2.35. The molecule has 0 aromatic rings. The molecule has 0 bridgehead atoms. The van der Waals surface area contributed by atoms with E-state index in [1.165, 1.54) is 0 Å². The van der Waals surface area contributed by atoms with E-state index in [0.29, 0.717) is 19.3 Å². The lowest BCUT2D eigenvalue weighted by atomic mass is 10.0. The van der Waals surface area contributed by atoms with Gasteiger partial charge < -0.3 is 36.1 Å². The van der Waals surface area contributed by atoms with Gasteiger partial charge in [0.05, 0.1) is 18.7 Å². The van der Waals surface area contributed by atoms with Crippen molar-refractivity contribution in [2.75, 3.05) is 32.9 Å². The van der Waals surface area contributed by atoms with Crippen LogP contribution in [0.25, 0.3) is 0 Å². The molecule has 0 saturated carbocycles. The Morgan fingerprint density at radius 2 is 1.68 bits per heavy atom. The van der Waals surface area contributed by atoms with E-state index < -0.39 is 5.97 Å². The number of nitrogens with two attached hydrogens (primary N) is 1. The molecule has 31 heavy (non-hydrogen) atoms. The molecule has 0 radical (unpaired) electrons. The summed E-state index contributed by atoms with van der Waals surface area (Å²) in [5.74, 6) is -0.833. The Morgan fingerprint density at radius 3 is 1.94 bits per heavy atom. The number of piperidine rings is 1. The number of hydrogen-bond donors (Lipinski definition) is 5. The number of ether oxygens (including phenoxy) is 2. The van der Waals surface area contributed by atoms with Gasteiger partial charge in [0.25, 0.3) is 5.97 Å². The van der Waals surface area contributed by atoms with Gasteiger partial charge in [-0.25, -0.2) is 9.59 Å². The van der Waals surface area contributed by atoms with Gasteiger partial charge in [0.15, 0.2) is 0 Å². The molecule has 0 aromatic heterocycles. The van der Waals surface area contributed by atoms with E-state index in [1.807, 2.05) is 18.7 Å². The largest absolute Gasteiger partial charge is 0.481 e.